The number of carbonyl (C=O) groups is 1. The molecule has 0 N–H and O–H groups in total. The molecule has 3 heterocycles. The maximum absolute atomic E-state index is 12.8. The molecule has 1 amide bonds. The molecule has 0 atom stereocenters. The standard InChI is InChI=1S/C14H21N3O4S2/c1-2-21-14(18)15-6-8-16(9-7-15)23(19,20)17-5-3-13-12(11-17)4-10-22-13/h4,10H,2-3,5-9,11H2,1H3. The first-order chi connectivity index (χ1) is 11.0. The summed E-state index contributed by atoms with van der Waals surface area (Å²) in [6.45, 7) is 4.42. The Morgan fingerprint density at radius 2 is 1.96 bits per heavy atom. The molecule has 1 fully saturated rings. The largest absolute Gasteiger partial charge is 0.450 e. The van der Waals surface area contributed by atoms with E-state index >= 15 is 0 Å². The summed E-state index contributed by atoms with van der Waals surface area (Å²) in [7, 11) is -3.47. The zero-order valence-corrected chi connectivity index (χ0v) is 14.7. The fourth-order valence-electron chi connectivity index (χ4n) is 2.90. The molecular weight excluding hydrogens is 338 g/mol. The summed E-state index contributed by atoms with van der Waals surface area (Å²) in [5.74, 6) is 0. The minimum Gasteiger partial charge on any atom is -0.450 e. The summed E-state index contributed by atoms with van der Waals surface area (Å²) >= 11 is 1.69. The van der Waals surface area contributed by atoms with Crippen LogP contribution in [0, 0.1) is 0 Å². The van der Waals surface area contributed by atoms with Gasteiger partial charge in [-0.05, 0) is 30.4 Å². The third-order valence-electron chi connectivity index (χ3n) is 4.19. The molecule has 2 aliphatic rings. The Hall–Kier alpha value is -1.16. The van der Waals surface area contributed by atoms with Gasteiger partial charge in [0.2, 0.25) is 0 Å². The van der Waals surface area contributed by atoms with Crippen LogP contribution in [-0.4, -0.2) is 67.4 Å². The van der Waals surface area contributed by atoms with Gasteiger partial charge in [-0.25, -0.2) is 4.79 Å². The van der Waals surface area contributed by atoms with E-state index in [0.717, 1.165) is 12.0 Å². The fourth-order valence-corrected chi connectivity index (χ4v) is 5.36. The van der Waals surface area contributed by atoms with Crippen molar-refractivity contribution in [2.45, 2.75) is 19.9 Å². The van der Waals surface area contributed by atoms with E-state index in [0.29, 0.717) is 45.9 Å². The minimum absolute atomic E-state index is 0.314. The van der Waals surface area contributed by atoms with Crippen LogP contribution >= 0.6 is 11.3 Å². The van der Waals surface area contributed by atoms with E-state index < -0.39 is 10.2 Å². The van der Waals surface area contributed by atoms with Crippen LogP contribution in [0.3, 0.4) is 0 Å². The number of hydrogen-bond acceptors (Lipinski definition) is 5. The Labute approximate surface area is 140 Å². The Kier molecular flexibility index (Phi) is 4.90. The highest BCUT2D eigenvalue weighted by molar-refractivity contribution is 7.86. The van der Waals surface area contributed by atoms with Crippen molar-refractivity contribution in [2.75, 3.05) is 39.3 Å². The summed E-state index contributed by atoms with van der Waals surface area (Å²) in [6, 6.07) is 2.00. The molecule has 0 aliphatic carbocycles. The highest BCUT2D eigenvalue weighted by atomic mass is 32.2. The molecule has 0 unspecified atom stereocenters. The molecule has 1 saturated heterocycles. The van der Waals surface area contributed by atoms with Gasteiger partial charge < -0.3 is 9.64 Å². The molecule has 0 aromatic carbocycles. The van der Waals surface area contributed by atoms with E-state index in [4.69, 9.17) is 4.74 Å². The molecule has 9 heteroatoms. The molecule has 23 heavy (non-hydrogen) atoms. The monoisotopic (exact) mass is 359 g/mol. The third kappa shape index (κ3) is 3.37. The van der Waals surface area contributed by atoms with Gasteiger partial charge in [0.05, 0.1) is 6.61 Å². The van der Waals surface area contributed by atoms with Gasteiger partial charge in [-0.2, -0.15) is 17.0 Å². The molecule has 2 aliphatic heterocycles. The number of thiophene rings is 1. The van der Waals surface area contributed by atoms with Crippen molar-refractivity contribution >= 4 is 27.6 Å². The summed E-state index contributed by atoms with van der Waals surface area (Å²) in [4.78, 5) is 14.5. The first-order valence-electron chi connectivity index (χ1n) is 7.74. The number of rotatable bonds is 3. The first kappa shape index (κ1) is 16.7. The van der Waals surface area contributed by atoms with Crippen LogP contribution in [-0.2, 0) is 27.9 Å². The number of piperazine rings is 1. The number of amides is 1. The second kappa shape index (κ2) is 6.76. The lowest BCUT2D eigenvalue weighted by Gasteiger charge is -2.37. The zero-order valence-electron chi connectivity index (χ0n) is 13.1. The van der Waals surface area contributed by atoms with Crippen LogP contribution < -0.4 is 0 Å². The van der Waals surface area contributed by atoms with Crippen molar-refractivity contribution in [2.24, 2.45) is 0 Å². The van der Waals surface area contributed by atoms with Crippen LogP contribution in [0.25, 0.3) is 0 Å². The van der Waals surface area contributed by atoms with E-state index in [9.17, 15) is 13.2 Å². The molecule has 3 rings (SSSR count). The first-order valence-corrected chi connectivity index (χ1v) is 10.0. The van der Waals surface area contributed by atoms with Crippen molar-refractivity contribution in [3.05, 3.63) is 21.9 Å². The number of hydrogen-bond donors (Lipinski definition) is 0. The van der Waals surface area contributed by atoms with Gasteiger partial charge in [0, 0.05) is 44.1 Å². The van der Waals surface area contributed by atoms with E-state index in [1.807, 2.05) is 11.4 Å². The molecule has 1 aromatic heterocycles. The van der Waals surface area contributed by atoms with Gasteiger partial charge in [0.25, 0.3) is 10.2 Å². The van der Waals surface area contributed by atoms with Crippen LogP contribution in [0.4, 0.5) is 4.79 Å². The van der Waals surface area contributed by atoms with Crippen LogP contribution in [0.1, 0.15) is 17.4 Å². The Morgan fingerprint density at radius 3 is 2.65 bits per heavy atom. The third-order valence-corrected chi connectivity index (χ3v) is 7.19. The Bertz CT molecular complexity index is 665. The lowest BCUT2D eigenvalue weighted by molar-refractivity contribution is 0.0923. The van der Waals surface area contributed by atoms with E-state index in [1.54, 1.807) is 27.5 Å². The molecule has 1 aromatic rings. The number of carbonyl (C=O) groups excluding carboxylic acids is 1. The summed E-state index contributed by atoms with van der Waals surface area (Å²) in [5, 5.41) is 2.01. The molecule has 128 valence electrons. The van der Waals surface area contributed by atoms with E-state index in [1.165, 1.54) is 9.18 Å². The molecule has 0 saturated carbocycles. The Balaban J connectivity index is 1.62. The van der Waals surface area contributed by atoms with Crippen molar-refractivity contribution < 1.29 is 17.9 Å². The number of nitrogens with zero attached hydrogens (tertiary/aromatic N) is 3. The summed E-state index contributed by atoms with van der Waals surface area (Å²) in [5.41, 5.74) is 1.11. The molecule has 0 radical (unpaired) electrons. The normalized spacial score (nSPS) is 20.3. The quantitative estimate of drug-likeness (QED) is 0.811. The molecule has 0 bridgehead atoms. The maximum Gasteiger partial charge on any atom is 0.409 e. The molecular formula is C14H21N3O4S2. The smallest absolute Gasteiger partial charge is 0.409 e. The van der Waals surface area contributed by atoms with Gasteiger partial charge in [-0.1, -0.05) is 0 Å². The fraction of sp³-hybridized carbons (Fsp3) is 0.643. The molecule has 0 spiro atoms. The average Bonchev–Trinajstić information content (AvgIpc) is 3.03. The highest BCUT2D eigenvalue weighted by Gasteiger charge is 2.35. The van der Waals surface area contributed by atoms with Gasteiger partial charge >= 0.3 is 6.09 Å². The topological polar surface area (TPSA) is 70.2 Å². The SMILES string of the molecule is CCOC(=O)N1CCN(S(=O)(=O)N2CCc3sccc3C2)CC1. The average molecular weight is 359 g/mol. The lowest BCUT2D eigenvalue weighted by atomic mass is 10.1. The van der Waals surface area contributed by atoms with Gasteiger partial charge in [-0.15, -0.1) is 11.3 Å². The van der Waals surface area contributed by atoms with Crippen LogP contribution in [0.15, 0.2) is 11.4 Å². The number of fused-ring (bicyclic) bond motifs is 1. The predicted octanol–water partition coefficient (Wildman–Crippen LogP) is 1.13. The van der Waals surface area contributed by atoms with E-state index in [-0.39, 0.29) is 6.09 Å². The molecule has 7 nitrogen and oxygen atoms in total. The summed E-state index contributed by atoms with van der Waals surface area (Å²) < 4.78 is 33.6. The highest BCUT2D eigenvalue weighted by Crippen LogP contribution is 2.27. The predicted molar refractivity (Wildman–Crippen MR) is 87.5 cm³/mol. The van der Waals surface area contributed by atoms with Crippen molar-refractivity contribution in [1.82, 2.24) is 13.5 Å². The van der Waals surface area contributed by atoms with Crippen LogP contribution in [0.5, 0.6) is 0 Å². The lowest BCUT2D eigenvalue weighted by Crippen LogP contribution is -2.54. The van der Waals surface area contributed by atoms with Gasteiger partial charge in [0.1, 0.15) is 0 Å². The van der Waals surface area contributed by atoms with E-state index in [2.05, 4.69) is 0 Å². The summed E-state index contributed by atoms with van der Waals surface area (Å²) in [6.07, 6.45) is 0.403. The van der Waals surface area contributed by atoms with Gasteiger partial charge in [0.15, 0.2) is 0 Å². The Morgan fingerprint density at radius 1 is 1.22 bits per heavy atom. The van der Waals surface area contributed by atoms with Gasteiger partial charge in [-0.3, -0.25) is 0 Å². The van der Waals surface area contributed by atoms with Crippen molar-refractivity contribution in [3.63, 3.8) is 0 Å². The second-order valence-corrected chi connectivity index (χ2v) is 8.47. The van der Waals surface area contributed by atoms with Crippen molar-refractivity contribution in [1.29, 1.82) is 0 Å². The second-order valence-electron chi connectivity index (χ2n) is 5.55. The number of ether oxygens (including phenoxy) is 1. The minimum atomic E-state index is -3.47. The van der Waals surface area contributed by atoms with Crippen molar-refractivity contribution in [3.8, 4) is 0 Å². The van der Waals surface area contributed by atoms with Crippen LogP contribution in [0.2, 0.25) is 0 Å². The maximum atomic E-state index is 12.8. The zero-order chi connectivity index (χ0) is 16.4.